The van der Waals surface area contributed by atoms with E-state index in [1.807, 2.05) is 0 Å². The van der Waals surface area contributed by atoms with Crippen LogP contribution in [0.4, 0.5) is 0 Å². The second-order valence-corrected chi connectivity index (χ2v) is 5.75. The summed E-state index contributed by atoms with van der Waals surface area (Å²) in [6.07, 6.45) is 2.11. The Morgan fingerprint density at radius 3 is 2.67 bits per heavy atom. The Morgan fingerprint density at radius 2 is 2.05 bits per heavy atom. The summed E-state index contributed by atoms with van der Waals surface area (Å²) in [5.41, 5.74) is 0.209. The molecule has 0 N–H and O–H groups in total. The van der Waals surface area contributed by atoms with Gasteiger partial charge in [-0.15, -0.1) is 0 Å². The minimum atomic E-state index is -0.386. The summed E-state index contributed by atoms with van der Waals surface area (Å²) in [6, 6.07) is 5.11. The van der Waals surface area contributed by atoms with Crippen molar-refractivity contribution >= 4 is 5.97 Å². The Balaban J connectivity index is 2.21. The van der Waals surface area contributed by atoms with Gasteiger partial charge in [0.05, 0.1) is 19.8 Å². The molecule has 0 radical (unpaired) electrons. The van der Waals surface area contributed by atoms with E-state index in [9.17, 15) is 4.79 Å². The normalized spacial score (nSPS) is 22.7. The highest BCUT2D eigenvalue weighted by atomic mass is 16.5. The Hall–Kier alpha value is -1.75. The second kappa shape index (κ2) is 6.35. The van der Waals surface area contributed by atoms with Crippen molar-refractivity contribution in [3.05, 3.63) is 23.8 Å². The number of hydrogen-bond acceptors (Lipinski definition) is 5. The molecule has 0 amide bonds. The van der Waals surface area contributed by atoms with Gasteiger partial charge in [-0.2, -0.15) is 0 Å². The third-order valence-corrected chi connectivity index (χ3v) is 3.79. The minimum Gasteiger partial charge on any atom is -0.493 e. The van der Waals surface area contributed by atoms with E-state index in [0.717, 1.165) is 25.9 Å². The number of hydrogen-bond donors (Lipinski definition) is 0. The molecular formula is C16H23NO4. The average molecular weight is 293 g/mol. The van der Waals surface area contributed by atoms with Gasteiger partial charge in [0.25, 0.3) is 0 Å². The number of methoxy groups -OCH3 is 2. The third kappa shape index (κ3) is 3.67. The van der Waals surface area contributed by atoms with E-state index in [2.05, 4.69) is 18.9 Å². The average Bonchev–Trinajstić information content (AvgIpc) is 2.46. The summed E-state index contributed by atoms with van der Waals surface area (Å²) >= 11 is 0. The van der Waals surface area contributed by atoms with E-state index in [4.69, 9.17) is 14.2 Å². The zero-order valence-corrected chi connectivity index (χ0v) is 13.1. The maximum Gasteiger partial charge on any atom is 0.337 e. The molecule has 0 spiro atoms. The Morgan fingerprint density at radius 1 is 1.29 bits per heavy atom. The molecule has 2 rings (SSSR count). The number of carbonyl (C=O) groups is 1. The van der Waals surface area contributed by atoms with Gasteiger partial charge in [0.15, 0.2) is 11.5 Å². The van der Waals surface area contributed by atoms with Crippen LogP contribution >= 0.6 is 0 Å². The molecule has 1 aliphatic heterocycles. The number of rotatable bonds is 4. The SMILES string of the molecule is COC(=O)c1ccc(OC2(C)CCCN(C)C2)c(OC)c1. The third-order valence-electron chi connectivity index (χ3n) is 3.79. The number of benzene rings is 1. The monoisotopic (exact) mass is 293 g/mol. The summed E-state index contributed by atoms with van der Waals surface area (Å²) in [5.74, 6) is 0.818. The number of likely N-dealkylation sites (tertiary alicyclic amines) is 1. The zero-order chi connectivity index (χ0) is 15.5. The molecule has 0 saturated carbocycles. The van der Waals surface area contributed by atoms with Crippen molar-refractivity contribution in [1.82, 2.24) is 4.90 Å². The lowest BCUT2D eigenvalue weighted by Crippen LogP contribution is -2.48. The molecule has 1 saturated heterocycles. The molecular weight excluding hydrogens is 270 g/mol. The summed E-state index contributed by atoms with van der Waals surface area (Å²) in [7, 11) is 5.02. The highest BCUT2D eigenvalue weighted by Gasteiger charge is 2.32. The summed E-state index contributed by atoms with van der Waals surface area (Å²) in [6.45, 7) is 4.07. The van der Waals surface area contributed by atoms with E-state index in [1.165, 1.54) is 7.11 Å². The molecule has 0 aromatic heterocycles. The summed E-state index contributed by atoms with van der Waals surface area (Å²) < 4.78 is 16.2. The van der Waals surface area contributed by atoms with Crippen molar-refractivity contribution in [2.75, 3.05) is 34.4 Å². The fourth-order valence-corrected chi connectivity index (χ4v) is 2.80. The van der Waals surface area contributed by atoms with Gasteiger partial charge >= 0.3 is 5.97 Å². The van der Waals surface area contributed by atoms with Crippen LogP contribution in [0.1, 0.15) is 30.1 Å². The smallest absolute Gasteiger partial charge is 0.337 e. The topological polar surface area (TPSA) is 48.0 Å². The van der Waals surface area contributed by atoms with Crippen LogP contribution in [0.5, 0.6) is 11.5 Å². The molecule has 1 heterocycles. The van der Waals surface area contributed by atoms with Crippen molar-refractivity contribution in [2.45, 2.75) is 25.4 Å². The van der Waals surface area contributed by atoms with E-state index < -0.39 is 0 Å². The lowest BCUT2D eigenvalue weighted by atomic mass is 9.95. The number of ether oxygens (including phenoxy) is 3. The Kier molecular flexibility index (Phi) is 4.73. The van der Waals surface area contributed by atoms with Gasteiger partial charge in [0.2, 0.25) is 0 Å². The Bertz CT molecular complexity index is 517. The van der Waals surface area contributed by atoms with Crippen molar-refractivity contribution < 1.29 is 19.0 Å². The molecule has 1 atom stereocenters. The van der Waals surface area contributed by atoms with Gasteiger partial charge in [-0.05, 0) is 51.6 Å². The quantitative estimate of drug-likeness (QED) is 0.798. The number of carbonyl (C=O) groups excluding carboxylic acids is 1. The van der Waals surface area contributed by atoms with Gasteiger partial charge < -0.3 is 19.1 Å². The van der Waals surface area contributed by atoms with Crippen LogP contribution in [0.2, 0.25) is 0 Å². The molecule has 1 fully saturated rings. The molecule has 0 bridgehead atoms. The van der Waals surface area contributed by atoms with E-state index in [-0.39, 0.29) is 11.6 Å². The van der Waals surface area contributed by atoms with Gasteiger partial charge in [-0.25, -0.2) is 4.79 Å². The van der Waals surface area contributed by atoms with Crippen LogP contribution in [0.25, 0.3) is 0 Å². The fourth-order valence-electron chi connectivity index (χ4n) is 2.80. The van der Waals surface area contributed by atoms with Crippen LogP contribution < -0.4 is 9.47 Å². The highest BCUT2D eigenvalue weighted by Crippen LogP contribution is 2.34. The van der Waals surface area contributed by atoms with Crippen LogP contribution in [0, 0.1) is 0 Å². The molecule has 1 aliphatic rings. The van der Waals surface area contributed by atoms with Crippen LogP contribution in [0.3, 0.4) is 0 Å². The standard InChI is InChI=1S/C16H23NO4/c1-16(8-5-9-17(2)11-16)21-13-7-6-12(15(18)20-4)10-14(13)19-3/h6-7,10H,5,8-9,11H2,1-4H3. The minimum absolute atomic E-state index is 0.243. The van der Waals surface area contributed by atoms with Crippen molar-refractivity contribution in [3.63, 3.8) is 0 Å². The van der Waals surface area contributed by atoms with Gasteiger partial charge in [0.1, 0.15) is 5.60 Å². The first kappa shape index (κ1) is 15.6. The van der Waals surface area contributed by atoms with Crippen LogP contribution in [-0.2, 0) is 4.74 Å². The summed E-state index contributed by atoms with van der Waals surface area (Å²) in [4.78, 5) is 13.8. The lowest BCUT2D eigenvalue weighted by molar-refractivity contribution is 0.0137. The fraction of sp³-hybridized carbons (Fsp3) is 0.562. The molecule has 1 unspecified atom stereocenters. The molecule has 5 heteroatoms. The van der Waals surface area contributed by atoms with E-state index >= 15 is 0 Å². The first-order valence-electron chi connectivity index (χ1n) is 7.11. The van der Waals surface area contributed by atoms with Crippen molar-refractivity contribution in [3.8, 4) is 11.5 Å². The molecule has 21 heavy (non-hydrogen) atoms. The predicted octanol–water partition coefficient (Wildman–Crippen LogP) is 2.34. The Labute approximate surface area is 125 Å². The van der Waals surface area contributed by atoms with Gasteiger partial charge in [0, 0.05) is 6.54 Å². The van der Waals surface area contributed by atoms with Crippen molar-refractivity contribution in [1.29, 1.82) is 0 Å². The van der Waals surface area contributed by atoms with Crippen LogP contribution in [-0.4, -0.2) is 50.8 Å². The van der Waals surface area contributed by atoms with Gasteiger partial charge in [-0.1, -0.05) is 0 Å². The number of esters is 1. The largest absolute Gasteiger partial charge is 0.493 e. The number of nitrogens with zero attached hydrogens (tertiary/aromatic N) is 1. The molecule has 5 nitrogen and oxygen atoms in total. The maximum absolute atomic E-state index is 11.6. The van der Waals surface area contributed by atoms with Crippen LogP contribution in [0.15, 0.2) is 18.2 Å². The predicted molar refractivity (Wildman–Crippen MR) is 80.1 cm³/mol. The number of piperidine rings is 1. The maximum atomic E-state index is 11.6. The van der Waals surface area contributed by atoms with Gasteiger partial charge in [-0.3, -0.25) is 0 Å². The molecule has 116 valence electrons. The lowest BCUT2D eigenvalue weighted by Gasteiger charge is -2.39. The van der Waals surface area contributed by atoms with Crippen molar-refractivity contribution in [2.24, 2.45) is 0 Å². The first-order valence-corrected chi connectivity index (χ1v) is 7.11. The number of likely N-dealkylation sites (N-methyl/N-ethyl adjacent to an activating group) is 1. The van der Waals surface area contributed by atoms with E-state index in [0.29, 0.717) is 17.1 Å². The second-order valence-electron chi connectivity index (χ2n) is 5.75. The molecule has 0 aliphatic carbocycles. The summed E-state index contributed by atoms with van der Waals surface area (Å²) in [5, 5.41) is 0. The highest BCUT2D eigenvalue weighted by molar-refractivity contribution is 5.90. The van der Waals surface area contributed by atoms with E-state index in [1.54, 1.807) is 25.3 Å². The first-order chi connectivity index (χ1) is 9.97. The molecule has 1 aromatic carbocycles. The zero-order valence-electron chi connectivity index (χ0n) is 13.1. The molecule has 1 aromatic rings.